The Labute approximate surface area is 192 Å². The molecular weight excluding hydrogens is 450 g/mol. The van der Waals surface area contributed by atoms with Crippen LogP contribution in [-0.4, -0.2) is 37.3 Å². The molecule has 3 aromatic rings. The monoisotopic (exact) mass is 471 g/mol. The molecule has 0 saturated heterocycles. The Hall–Kier alpha value is -3.44. The molecule has 33 heavy (non-hydrogen) atoms. The van der Waals surface area contributed by atoms with E-state index in [9.17, 15) is 30.1 Å². The highest BCUT2D eigenvalue weighted by Crippen LogP contribution is 2.53. The molecule has 0 spiro atoms. The van der Waals surface area contributed by atoms with Crippen LogP contribution in [-0.2, 0) is 4.74 Å². The van der Waals surface area contributed by atoms with Crippen LogP contribution in [0.4, 0.5) is 10.5 Å². The van der Waals surface area contributed by atoms with Crippen molar-refractivity contribution in [3.05, 3.63) is 79.9 Å². The molecule has 172 valence electrons. The number of hydrogen-bond acceptors (Lipinski definition) is 8. The number of nitro groups is 2. The molecule has 4 rings (SSSR count). The van der Waals surface area contributed by atoms with Crippen molar-refractivity contribution in [1.29, 1.82) is 0 Å². The van der Waals surface area contributed by atoms with E-state index in [1.54, 1.807) is 45.0 Å². The number of hydrogen-bond donors (Lipinski definition) is 1. The van der Waals surface area contributed by atoms with E-state index in [1.165, 1.54) is 28.8 Å². The number of nitro benzene ring substituents is 1. The van der Waals surface area contributed by atoms with Gasteiger partial charge in [-0.2, -0.15) is 0 Å². The summed E-state index contributed by atoms with van der Waals surface area (Å²) in [6.45, 7) is 5.19. The fourth-order valence-electron chi connectivity index (χ4n) is 3.94. The second-order valence-corrected chi connectivity index (χ2v) is 9.79. The summed E-state index contributed by atoms with van der Waals surface area (Å²) in [5.74, 6) is 0. The van der Waals surface area contributed by atoms with Gasteiger partial charge in [0.1, 0.15) is 10.9 Å². The average Bonchev–Trinajstić information content (AvgIpc) is 3.06. The maximum atomic E-state index is 13.1. The Kier molecular flexibility index (Phi) is 5.62. The third kappa shape index (κ3) is 4.05. The first-order chi connectivity index (χ1) is 15.5. The zero-order valence-electron chi connectivity index (χ0n) is 18.0. The molecule has 0 saturated carbocycles. The SMILES string of the molecule is CC(C)(C)OC(=O)n1c2c(c3ccccc31)[C@@H](O)[C@H]([N+](=O)[O-])[C@@H](c1ccc([N+](=O)[O-])cc1)S2. The predicted octanol–water partition coefficient (Wildman–Crippen LogP) is 4.86. The summed E-state index contributed by atoms with van der Waals surface area (Å²) in [6, 6.07) is 10.8. The van der Waals surface area contributed by atoms with Crippen LogP contribution in [0.2, 0.25) is 0 Å². The van der Waals surface area contributed by atoms with Crippen molar-refractivity contribution in [3.8, 4) is 0 Å². The number of benzene rings is 2. The lowest BCUT2D eigenvalue weighted by molar-refractivity contribution is -0.536. The number of carbonyl (C=O) groups excluding carboxylic acids is 1. The lowest BCUT2D eigenvalue weighted by atomic mass is 9.95. The number of carbonyl (C=O) groups is 1. The summed E-state index contributed by atoms with van der Waals surface area (Å²) in [4.78, 5) is 35.1. The number of non-ortho nitro benzene ring substituents is 1. The molecule has 1 aliphatic heterocycles. The van der Waals surface area contributed by atoms with Gasteiger partial charge in [0.15, 0.2) is 6.10 Å². The average molecular weight is 471 g/mol. The summed E-state index contributed by atoms with van der Waals surface area (Å²) >= 11 is 1.06. The van der Waals surface area contributed by atoms with Gasteiger partial charge in [0.25, 0.3) is 11.7 Å². The Bertz CT molecular complexity index is 1260. The van der Waals surface area contributed by atoms with Crippen molar-refractivity contribution in [2.45, 2.75) is 48.8 Å². The second kappa shape index (κ2) is 8.16. The van der Waals surface area contributed by atoms with Gasteiger partial charge < -0.3 is 9.84 Å². The molecule has 0 unspecified atom stereocenters. The fourth-order valence-corrected chi connectivity index (χ4v) is 5.49. The van der Waals surface area contributed by atoms with E-state index in [1.807, 2.05) is 0 Å². The van der Waals surface area contributed by atoms with Gasteiger partial charge in [-0.15, -0.1) is 0 Å². The molecule has 11 heteroatoms. The predicted molar refractivity (Wildman–Crippen MR) is 121 cm³/mol. The highest BCUT2D eigenvalue weighted by molar-refractivity contribution is 7.99. The van der Waals surface area contributed by atoms with E-state index in [4.69, 9.17) is 4.74 Å². The largest absolute Gasteiger partial charge is 0.443 e. The Morgan fingerprint density at radius 1 is 1.09 bits per heavy atom. The number of thioether (sulfide) groups is 1. The first kappa shape index (κ1) is 22.7. The zero-order valence-corrected chi connectivity index (χ0v) is 18.8. The van der Waals surface area contributed by atoms with Crippen LogP contribution in [0.5, 0.6) is 0 Å². The summed E-state index contributed by atoms with van der Waals surface area (Å²) in [5, 5.41) is 34.2. The number of aliphatic hydroxyl groups is 1. The number of nitrogens with zero attached hydrogens (tertiary/aromatic N) is 3. The zero-order chi connectivity index (χ0) is 24.1. The highest BCUT2D eigenvalue weighted by atomic mass is 32.2. The fraction of sp³-hybridized carbons (Fsp3) is 0.318. The van der Waals surface area contributed by atoms with E-state index >= 15 is 0 Å². The van der Waals surface area contributed by atoms with Crippen LogP contribution < -0.4 is 0 Å². The van der Waals surface area contributed by atoms with Gasteiger partial charge in [0, 0.05) is 28.0 Å². The molecule has 3 atom stereocenters. The van der Waals surface area contributed by atoms with Crippen molar-refractivity contribution in [2.75, 3.05) is 0 Å². The van der Waals surface area contributed by atoms with Crippen molar-refractivity contribution < 1.29 is 24.5 Å². The Balaban J connectivity index is 1.90. The van der Waals surface area contributed by atoms with E-state index in [2.05, 4.69) is 0 Å². The minimum Gasteiger partial charge on any atom is -0.443 e. The van der Waals surface area contributed by atoms with Gasteiger partial charge >= 0.3 is 6.09 Å². The van der Waals surface area contributed by atoms with E-state index in [0.717, 1.165) is 11.8 Å². The molecule has 2 heterocycles. The molecule has 1 N–H and O–H groups in total. The molecular formula is C22H21N3O7S. The third-order valence-corrected chi connectivity index (χ3v) is 6.72. The molecule has 2 aromatic carbocycles. The van der Waals surface area contributed by atoms with Gasteiger partial charge in [0.2, 0.25) is 0 Å². The normalized spacial score (nSPS) is 20.3. The van der Waals surface area contributed by atoms with Crippen LogP contribution in [0, 0.1) is 20.2 Å². The number of rotatable bonds is 3. The smallest absolute Gasteiger partial charge is 0.419 e. The van der Waals surface area contributed by atoms with Gasteiger partial charge in [0.05, 0.1) is 15.5 Å². The third-order valence-electron chi connectivity index (χ3n) is 5.29. The second-order valence-electron chi connectivity index (χ2n) is 8.66. The molecule has 0 fully saturated rings. The standard InChI is InChI=1S/C22H21N3O7S/c1-22(2,3)32-21(27)23-15-7-5-4-6-14(15)16-18(26)17(25(30)31)19(33-20(16)23)12-8-10-13(11-9-12)24(28)29/h4-11,17-19,26H,1-3H3/t17-,18+,19+/m0/s1. The first-order valence-corrected chi connectivity index (χ1v) is 11.0. The summed E-state index contributed by atoms with van der Waals surface area (Å²) < 4.78 is 6.90. The van der Waals surface area contributed by atoms with E-state index in [-0.39, 0.29) is 5.69 Å². The lowest BCUT2D eigenvalue weighted by Crippen LogP contribution is -2.36. The van der Waals surface area contributed by atoms with Crippen LogP contribution in [0.15, 0.2) is 53.6 Å². The van der Waals surface area contributed by atoms with Crippen molar-refractivity contribution in [1.82, 2.24) is 4.57 Å². The van der Waals surface area contributed by atoms with E-state index in [0.29, 0.717) is 27.1 Å². The molecule has 0 radical (unpaired) electrons. The van der Waals surface area contributed by atoms with Gasteiger partial charge in [-0.1, -0.05) is 42.1 Å². The molecule has 1 aromatic heterocycles. The molecule has 0 amide bonds. The van der Waals surface area contributed by atoms with Gasteiger partial charge in [-0.05, 0) is 32.4 Å². The van der Waals surface area contributed by atoms with Crippen molar-refractivity contribution in [3.63, 3.8) is 0 Å². The lowest BCUT2D eigenvalue weighted by Gasteiger charge is -2.30. The number of ether oxygens (including phenoxy) is 1. The van der Waals surface area contributed by atoms with Crippen LogP contribution in [0.3, 0.4) is 0 Å². The molecule has 10 nitrogen and oxygen atoms in total. The summed E-state index contributed by atoms with van der Waals surface area (Å²) in [7, 11) is 0. The van der Waals surface area contributed by atoms with Gasteiger partial charge in [-0.25, -0.2) is 9.36 Å². The van der Waals surface area contributed by atoms with E-state index < -0.39 is 38.9 Å². The summed E-state index contributed by atoms with van der Waals surface area (Å²) in [6.07, 6.45) is -2.17. The van der Waals surface area contributed by atoms with Crippen molar-refractivity contribution in [2.24, 2.45) is 0 Å². The minimum absolute atomic E-state index is 0.152. The molecule has 1 aliphatic rings. The highest BCUT2D eigenvalue weighted by Gasteiger charge is 2.49. The number of aromatic nitrogens is 1. The van der Waals surface area contributed by atoms with Crippen LogP contribution in [0.25, 0.3) is 10.9 Å². The quantitative estimate of drug-likeness (QED) is 0.422. The number of aliphatic hydroxyl groups excluding tert-OH is 1. The Morgan fingerprint density at radius 3 is 2.30 bits per heavy atom. The number of para-hydroxylation sites is 1. The minimum atomic E-state index is -1.51. The molecule has 0 aliphatic carbocycles. The maximum Gasteiger partial charge on any atom is 0.419 e. The van der Waals surface area contributed by atoms with Crippen molar-refractivity contribution >= 4 is 34.4 Å². The van der Waals surface area contributed by atoms with Crippen LogP contribution in [0.1, 0.15) is 43.3 Å². The number of fused-ring (bicyclic) bond motifs is 3. The van der Waals surface area contributed by atoms with Crippen LogP contribution >= 0.6 is 11.8 Å². The first-order valence-electron chi connectivity index (χ1n) is 10.1. The topological polar surface area (TPSA) is 138 Å². The summed E-state index contributed by atoms with van der Waals surface area (Å²) in [5.41, 5.74) is 0.254. The van der Waals surface area contributed by atoms with Gasteiger partial charge in [-0.3, -0.25) is 20.2 Å². The maximum absolute atomic E-state index is 13.1. The Morgan fingerprint density at radius 2 is 1.73 bits per heavy atom. The molecule has 0 bridgehead atoms.